The fraction of sp³-hybridized carbons (Fsp3) is 0.0870. The number of hydrogen-bond acceptors (Lipinski definition) is 3. The molecule has 0 aliphatic heterocycles. The summed E-state index contributed by atoms with van der Waals surface area (Å²) in [6.07, 6.45) is 15.4. The number of aromatic hydroxyl groups is 1. The first-order valence-corrected chi connectivity index (χ1v) is 9.54. The molecule has 2 atom stereocenters. The molecular formula is C23H17NOS. The lowest BCUT2D eigenvalue weighted by Gasteiger charge is -2.23. The number of allylic oxidation sites excluding steroid dienone is 8. The highest BCUT2D eigenvalue weighted by molar-refractivity contribution is 7.21. The van der Waals surface area contributed by atoms with Crippen LogP contribution in [-0.2, 0) is 0 Å². The second-order valence-corrected chi connectivity index (χ2v) is 7.65. The zero-order valence-electron chi connectivity index (χ0n) is 14.0. The molecule has 3 heteroatoms. The average molecular weight is 355 g/mol. The van der Waals surface area contributed by atoms with E-state index in [0.717, 1.165) is 26.4 Å². The van der Waals surface area contributed by atoms with Gasteiger partial charge in [0, 0.05) is 11.8 Å². The third-order valence-corrected chi connectivity index (χ3v) is 6.02. The zero-order chi connectivity index (χ0) is 17.5. The second kappa shape index (κ2) is 6.11. The monoisotopic (exact) mass is 355 g/mol. The number of thiazole rings is 1. The lowest BCUT2D eigenvalue weighted by molar-refractivity contribution is 0.477. The lowest BCUT2D eigenvalue weighted by atomic mass is 9.81. The van der Waals surface area contributed by atoms with E-state index in [0.29, 0.717) is 11.8 Å². The summed E-state index contributed by atoms with van der Waals surface area (Å²) in [5.74, 6) is 1.12. The SMILES string of the molecule is Oc1ccc(C2=CC3C=CC=CC3C=C2)cc1-c1nc2ccccc2s1. The van der Waals surface area contributed by atoms with Crippen LogP contribution in [0.1, 0.15) is 5.56 Å². The topological polar surface area (TPSA) is 33.1 Å². The van der Waals surface area contributed by atoms with Crippen molar-refractivity contribution in [3.8, 4) is 16.3 Å². The fourth-order valence-electron chi connectivity index (χ4n) is 3.55. The number of benzene rings is 2. The molecule has 0 saturated heterocycles. The molecule has 2 aliphatic carbocycles. The predicted molar refractivity (Wildman–Crippen MR) is 109 cm³/mol. The number of hydrogen-bond donors (Lipinski definition) is 1. The molecular weight excluding hydrogens is 338 g/mol. The van der Waals surface area contributed by atoms with Gasteiger partial charge >= 0.3 is 0 Å². The van der Waals surface area contributed by atoms with Gasteiger partial charge in [0.25, 0.3) is 0 Å². The van der Waals surface area contributed by atoms with E-state index in [-0.39, 0.29) is 5.75 Å². The molecule has 3 aromatic rings. The Kier molecular flexibility index (Phi) is 3.61. The van der Waals surface area contributed by atoms with Crippen molar-refractivity contribution in [2.45, 2.75) is 0 Å². The molecule has 26 heavy (non-hydrogen) atoms. The standard InChI is InChI=1S/C23H17NOS/c25-21-12-11-18(17-10-9-15-5-1-2-6-16(15)13-17)14-19(21)23-24-20-7-3-4-8-22(20)26-23/h1-16,25H. The molecule has 2 aliphatic rings. The van der Waals surface area contributed by atoms with Gasteiger partial charge in [0.05, 0.1) is 15.8 Å². The Bertz CT molecular complexity index is 1080. The molecule has 0 amide bonds. The molecule has 2 nitrogen and oxygen atoms in total. The average Bonchev–Trinajstić information content (AvgIpc) is 3.12. The first kappa shape index (κ1) is 15.4. The maximum Gasteiger partial charge on any atom is 0.128 e. The number of rotatable bonds is 2. The predicted octanol–water partition coefficient (Wildman–Crippen LogP) is 5.98. The lowest BCUT2D eigenvalue weighted by Crippen LogP contribution is -2.11. The number of phenolic OH excluding ortho intramolecular Hbond substituents is 1. The van der Waals surface area contributed by atoms with Crippen molar-refractivity contribution in [1.29, 1.82) is 0 Å². The van der Waals surface area contributed by atoms with Gasteiger partial charge in [0.15, 0.2) is 0 Å². The van der Waals surface area contributed by atoms with Crippen LogP contribution in [0.25, 0.3) is 26.4 Å². The van der Waals surface area contributed by atoms with Crippen LogP contribution in [0.15, 0.2) is 85.0 Å². The van der Waals surface area contributed by atoms with Crippen molar-refractivity contribution >= 4 is 27.1 Å². The van der Waals surface area contributed by atoms with Crippen LogP contribution in [0.3, 0.4) is 0 Å². The number of para-hydroxylation sites is 1. The summed E-state index contributed by atoms with van der Waals surface area (Å²) in [7, 11) is 0. The summed E-state index contributed by atoms with van der Waals surface area (Å²) >= 11 is 1.61. The van der Waals surface area contributed by atoms with Crippen LogP contribution in [-0.4, -0.2) is 10.1 Å². The van der Waals surface area contributed by atoms with Gasteiger partial charge in [-0.25, -0.2) is 4.98 Å². The molecule has 0 saturated carbocycles. The smallest absolute Gasteiger partial charge is 0.128 e. The summed E-state index contributed by atoms with van der Waals surface area (Å²) < 4.78 is 1.13. The number of phenols is 1. The van der Waals surface area contributed by atoms with E-state index < -0.39 is 0 Å². The molecule has 1 heterocycles. The highest BCUT2D eigenvalue weighted by Crippen LogP contribution is 2.38. The zero-order valence-corrected chi connectivity index (χ0v) is 14.9. The minimum Gasteiger partial charge on any atom is -0.507 e. The van der Waals surface area contributed by atoms with Crippen LogP contribution < -0.4 is 0 Å². The highest BCUT2D eigenvalue weighted by atomic mass is 32.1. The largest absolute Gasteiger partial charge is 0.507 e. The van der Waals surface area contributed by atoms with E-state index in [1.807, 2.05) is 30.3 Å². The fourth-order valence-corrected chi connectivity index (χ4v) is 4.54. The second-order valence-electron chi connectivity index (χ2n) is 6.62. The van der Waals surface area contributed by atoms with Gasteiger partial charge in [-0.1, -0.05) is 60.7 Å². The summed E-state index contributed by atoms with van der Waals surface area (Å²) in [4.78, 5) is 4.70. The van der Waals surface area contributed by atoms with Crippen LogP contribution in [0.4, 0.5) is 0 Å². The molecule has 1 N–H and O–H groups in total. The summed E-state index contributed by atoms with van der Waals surface area (Å²) in [5, 5.41) is 11.3. The Balaban J connectivity index is 1.57. The van der Waals surface area contributed by atoms with Gasteiger partial charge in [0.1, 0.15) is 10.8 Å². The van der Waals surface area contributed by atoms with Gasteiger partial charge < -0.3 is 5.11 Å². The highest BCUT2D eigenvalue weighted by Gasteiger charge is 2.19. The summed E-state index contributed by atoms with van der Waals surface area (Å²) in [5.41, 5.74) is 4.05. The molecule has 1 aromatic heterocycles. The molecule has 5 rings (SSSR count). The van der Waals surface area contributed by atoms with Crippen molar-refractivity contribution in [3.05, 3.63) is 90.6 Å². The minimum absolute atomic E-state index is 0.270. The van der Waals surface area contributed by atoms with Crippen molar-refractivity contribution in [2.75, 3.05) is 0 Å². The Labute approximate surface area is 156 Å². The first-order valence-electron chi connectivity index (χ1n) is 8.72. The van der Waals surface area contributed by atoms with Crippen molar-refractivity contribution in [2.24, 2.45) is 11.8 Å². The van der Waals surface area contributed by atoms with E-state index in [2.05, 4.69) is 48.6 Å². The number of aromatic nitrogens is 1. The number of fused-ring (bicyclic) bond motifs is 2. The van der Waals surface area contributed by atoms with Crippen LogP contribution >= 0.6 is 11.3 Å². The van der Waals surface area contributed by atoms with E-state index >= 15 is 0 Å². The Morgan fingerprint density at radius 3 is 2.65 bits per heavy atom. The van der Waals surface area contributed by atoms with Crippen molar-refractivity contribution in [1.82, 2.24) is 4.98 Å². The first-order chi connectivity index (χ1) is 12.8. The van der Waals surface area contributed by atoms with Gasteiger partial charge in [-0.05, 0) is 35.4 Å². The summed E-state index contributed by atoms with van der Waals surface area (Å²) in [6, 6.07) is 13.9. The molecule has 2 aromatic carbocycles. The Morgan fingerprint density at radius 1 is 0.923 bits per heavy atom. The molecule has 0 spiro atoms. The maximum atomic E-state index is 10.4. The van der Waals surface area contributed by atoms with E-state index in [1.165, 1.54) is 5.57 Å². The quantitative estimate of drug-likeness (QED) is 0.613. The molecule has 0 radical (unpaired) electrons. The summed E-state index contributed by atoms with van der Waals surface area (Å²) in [6.45, 7) is 0. The number of nitrogens with zero attached hydrogens (tertiary/aromatic N) is 1. The Morgan fingerprint density at radius 2 is 1.77 bits per heavy atom. The van der Waals surface area contributed by atoms with Gasteiger partial charge in [-0.2, -0.15) is 0 Å². The maximum absolute atomic E-state index is 10.4. The normalized spacial score (nSPS) is 21.0. The Hall–Kier alpha value is -2.91. The van der Waals surface area contributed by atoms with Crippen LogP contribution in [0.5, 0.6) is 5.75 Å². The van der Waals surface area contributed by atoms with E-state index in [4.69, 9.17) is 4.98 Å². The third-order valence-electron chi connectivity index (χ3n) is 4.95. The van der Waals surface area contributed by atoms with E-state index in [1.54, 1.807) is 17.4 Å². The van der Waals surface area contributed by atoms with Gasteiger partial charge in [-0.3, -0.25) is 0 Å². The van der Waals surface area contributed by atoms with Crippen LogP contribution in [0.2, 0.25) is 0 Å². The van der Waals surface area contributed by atoms with Gasteiger partial charge in [-0.15, -0.1) is 11.3 Å². The van der Waals surface area contributed by atoms with Crippen LogP contribution in [0, 0.1) is 11.8 Å². The third kappa shape index (κ3) is 2.61. The molecule has 0 bridgehead atoms. The van der Waals surface area contributed by atoms with Crippen molar-refractivity contribution in [3.63, 3.8) is 0 Å². The van der Waals surface area contributed by atoms with Gasteiger partial charge in [0.2, 0.25) is 0 Å². The molecule has 0 fully saturated rings. The van der Waals surface area contributed by atoms with Crippen molar-refractivity contribution < 1.29 is 5.11 Å². The van der Waals surface area contributed by atoms with E-state index in [9.17, 15) is 5.11 Å². The molecule has 2 unspecified atom stereocenters. The minimum atomic E-state index is 0.270. The molecule has 126 valence electrons.